The zero-order valence-corrected chi connectivity index (χ0v) is 6.75. The highest BCUT2D eigenvalue weighted by Gasteiger charge is 3.08. The Morgan fingerprint density at radius 2 is 2.42 bits per heavy atom. The fraction of sp³-hybridized carbons (Fsp3) is 0.889. The first-order valence-electron chi connectivity index (χ1n) is 4.78. The molecule has 3 aliphatic heterocycles. The van der Waals surface area contributed by atoms with Gasteiger partial charge in [-0.1, -0.05) is 0 Å². The van der Waals surface area contributed by atoms with Gasteiger partial charge in [0.2, 0.25) is 0 Å². The number of nitrogens with one attached hydrogen (secondary N) is 1. The molecule has 7 unspecified atom stereocenters. The third-order valence-corrected chi connectivity index (χ3v) is 5.07. The van der Waals surface area contributed by atoms with E-state index in [1.165, 1.54) is 4.90 Å². The zero-order chi connectivity index (χ0) is 7.72. The Morgan fingerprint density at radius 3 is 3.25 bits per heavy atom. The second-order valence-electron chi connectivity index (χ2n) is 5.06. The summed E-state index contributed by atoms with van der Waals surface area (Å²) in [7, 11) is 4.17. The Bertz CT molecular complexity index is 320. The van der Waals surface area contributed by atoms with E-state index in [0.29, 0.717) is 29.2 Å². The molecule has 0 aromatic rings. The van der Waals surface area contributed by atoms with Crippen LogP contribution in [-0.2, 0) is 9.47 Å². The first-order valence-corrected chi connectivity index (χ1v) is 4.78. The molecule has 0 radical (unpaired) electrons. The summed E-state index contributed by atoms with van der Waals surface area (Å²) < 4.78 is 11.2. The first kappa shape index (κ1) is 5.58. The average Bonchev–Trinajstić information content (AvgIpc) is 2.77. The van der Waals surface area contributed by atoms with Gasteiger partial charge in [0.25, 0.3) is 0 Å². The molecule has 0 aromatic carbocycles. The highest BCUT2D eigenvalue weighted by molar-refractivity contribution is 5.50. The summed E-state index contributed by atoms with van der Waals surface area (Å²) in [5, 5.41) is 0. The van der Waals surface area contributed by atoms with Crippen molar-refractivity contribution in [3.63, 3.8) is 0 Å². The predicted octanol–water partition coefficient (Wildman–Crippen LogP) is -1.79. The van der Waals surface area contributed by atoms with Gasteiger partial charge in [0, 0.05) is 5.92 Å². The van der Waals surface area contributed by atoms with E-state index in [-0.39, 0.29) is 0 Å². The summed E-state index contributed by atoms with van der Waals surface area (Å²) in [5.41, 5.74) is 0.890. The zero-order valence-electron chi connectivity index (χ0n) is 6.75. The van der Waals surface area contributed by atoms with Crippen LogP contribution in [0.4, 0.5) is 0 Å². The average molecular weight is 165 g/mol. The van der Waals surface area contributed by atoms with E-state index in [9.17, 15) is 0 Å². The lowest BCUT2D eigenvalue weighted by molar-refractivity contribution is -0.993. The second kappa shape index (κ2) is 1.11. The van der Waals surface area contributed by atoms with Crippen molar-refractivity contribution in [3.8, 4) is 0 Å². The molecule has 12 heavy (non-hydrogen) atoms. The molecule has 3 heterocycles. The van der Waals surface area contributed by atoms with Crippen molar-refractivity contribution in [1.82, 2.24) is 0 Å². The van der Waals surface area contributed by atoms with Crippen molar-refractivity contribution >= 4 is 0 Å². The van der Waals surface area contributed by atoms with Gasteiger partial charge in [-0.05, 0) is 0 Å². The fourth-order valence-electron chi connectivity index (χ4n) is 4.62. The summed E-state index contributed by atoms with van der Waals surface area (Å²) in [4.78, 5) is 1.43. The van der Waals surface area contributed by atoms with Crippen molar-refractivity contribution in [2.75, 3.05) is 13.2 Å². The molecular weight excluding hydrogens is 154 g/mol. The largest absolute Gasteiger partial charge is 0.457 e. The Balaban J connectivity index is 1.70. The van der Waals surface area contributed by atoms with Crippen LogP contribution >= 0.6 is 0 Å². The van der Waals surface area contributed by atoms with Crippen LogP contribution in [0.3, 0.4) is 0 Å². The highest BCUT2D eigenvalue weighted by atomic mass is 16.7. The molecule has 64 valence electrons. The quantitative estimate of drug-likeness (QED) is 0.339. The molecule has 1 N–H and O–H groups in total. The van der Waals surface area contributed by atoms with E-state index >= 15 is 0 Å². The van der Waals surface area contributed by atoms with Gasteiger partial charge in [-0.3, -0.25) is 0 Å². The Morgan fingerprint density at radius 1 is 1.50 bits per heavy atom. The van der Waals surface area contributed by atoms with Crippen molar-refractivity contribution in [1.29, 1.82) is 0 Å². The number of quaternary nitrogens is 1. The van der Waals surface area contributed by atoms with E-state index in [1.54, 1.807) is 0 Å². The van der Waals surface area contributed by atoms with Gasteiger partial charge >= 0.3 is 0 Å². The highest BCUT2D eigenvalue weighted by Crippen LogP contribution is 2.86. The first-order chi connectivity index (χ1) is 5.83. The molecule has 2 saturated carbocycles. The minimum Gasteiger partial charge on any atom is -0.457 e. The van der Waals surface area contributed by atoms with Crippen LogP contribution in [-0.4, -0.2) is 37.0 Å². The lowest BCUT2D eigenvalue weighted by Gasteiger charge is -2.67. The molecular formula is C9H11NO2. The minimum absolute atomic E-state index is 0.348. The topological polar surface area (TPSA) is 26.2 Å². The molecule has 3 saturated heterocycles. The van der Waals surface area contributed by atoms with Crippen LogP contribution in [0.25, 0.3) is 0 Å². The number of likely N-dealkylation sites (tertiary alicyclic amines) is 1. The third-order valence-electron chi connectivity index (χ3n) is 5.07. The summed E-state index contributed by atoms with van der Waals surface area (Å²) >= 11 is 0. The SMILES string of the molecule is [CH2-][NH+]1C2COCC23C2C4OC42C13. The molecule has 2 aliphatic carbocycles. The van der Waals surface area contributed by atoms with E-state index < -0.39 is 0 Å². The number of ether oxygens (including phenoxy) is 2. The van der Waals surface area contributed by atoms with Crippen LogP contribution < -0.4 is 4.90 Å². The Labute approximate surface area is 70.6 Å². The standard InChI is InChI=1S/C9H11NO2/c1-10-4-2-11-3-8(4)5-6-9(5,12-6)7(8)10/h4-7,10H,1-3H2. The fourth-order valence-corrected chi connectivity index (χ4v) is 4.62. The number of fused-ring (bicyclic) bond motifs is 1. The van der Waals surface area contributed by atoms with Crippen molar-refractivity contribution in [3.05, 3.63) is 7.05 Å². The second-order valence-corrected chi connectivity index (χ2v) is 5.06. The van der Waals surface area contributed by atoms with E-state index in [0.717, 1.165) is 19.1 Å². The molecule has 5 fully saturated rings. The maximum Gasteiger partial charge on any atom is 0.152 e. The molecule has 5 aliphatic rings. The van der Waals surface area contributed by atoms with E-state index in [2.05, 4.69) is 7.05 Å². The number of rotatable bonds is 0. The van der Waals surface area contributed by atoms with Gasteiger partial charge in [-0.25, -0.2) is 0 Å². The summed E-state index contributed by atoms with van der Waals surface area (Å²) in [6.07, 6.45) is 0.631. The number of epoxide rings is 1. The van der Waals surface area contributed by atoms with Crippen molar-refractivity contribution in [2.45, 2.75) is 23.8 Å². The van der Waals surface area contributed by atoms with Crippen molar-refractivity contribution < 1.29 is 14.4 Å². The summed E-state index contributed by atoms with van der Waals surface area (Å²) in [6.45, 7) is 1.93. The van der Waals surface area contributed by atoms with E-state index in [1.807, 2.05) is 0 Å². The number of piperidine rings is 1. The molecule has 3 nitrogen and oxygen atoms in total. The summed E-state index contributed by atoms with van der Waals surface area (Å²) in [6, 6.07) is 1.40. The molecule has 5 rings (SSSR count). The van der Waals surface area contributed by atoms with E-state index in [4.69, 9.17) is 9.47 Å². The lowest BCUT2D eigenvalue weighted by atomic mass is 9.52. The molecule has 7 atom stereocenters. The normalized spacial score (nSPS) is 85.2. The summed E-state index contributed by atoms with van der Waals surface area (Å²) in [5.74, 6) is 0.882. The predicted molar refractivity (Wildman–Crippen MR) is 38.2 cm³/mol. The van der Waals surface area contributed by atoms with Crippen LogP contribution in [0, 0.1) is 18.4 Å². The van der Waals surface area contributed by atoms with Crippen LogP contribution in [0.1, 0.15) is 0 Å². The molecule has 0 bridgehead atoms. The molecule has 3 heteroatoms. The van der Waals surface area contributed by atoms with Gasteiger partial charge < -0.3 is 14.4 Å². The van der Waals surface area contributed by atoms with Gasteiger partial charge in [0.05, 0.1) is 13.2 Å². The number of hydrogen-bond acceptors (Lipinski definition) is 2. The van der Waals surface area contributed by atoms with Crippen LogP contribution in [0.15, 0.2) is 0 Å². The number of hydrogen-bond donors (Lipinski definition) is 1. The maximum absolute atomic E-state index is 5.58. The van der Waals surface area contributed by atoms with Crippen molar-refractivity contribution in [2.24, 2.45) is 11.3 Å². The minimum atomic E-state index is 0.348. The smallest absolute Gasteiger partial charge is 0.152 e. The Hall–Kier alpha value is -0.120. The van der Waals surface area contributed by atoms with Crippen LogP contribution in [0.2, 0.25) is 0 Å². The third kappa shape index (κ3) is 0.249. The monoisotopic (exact) mass is 165 g/mol. The molecule has 0 aromatic heterocycles. The van der Waals surface area contributed by atoms with Gasteiger partial charge in [-0.2, -0.15) is 7.05 Å². The maximum atomic E-state index is 5.58. The van der Waals surface area contributed by atoms with Gasteiger partial charge in [0.15, 0.2) is 5.60 Å². The van der Waals surface area contributed by atoms with Crippen LogP contribution in [0.5, 0.6) is 0 Å². The van der Waals surface area contributed by atoms with Gasteiger partial charge in [-0.15, -0.1) is 0 Å². The Kier molecular flexibility index (Phi) is 0.518. The van der Waals surface area contributed by atoms with Gasteiger partial charge in [0.1, 0.15) is 23.6 Å². The lowest BCUT2D eigenvalue weighted by Crippen LogP contribution is -3.31. The molecule has 2 spiro atoms. The molecule has 0 amide bonds.